The first-order valence-corrected chi connectivity index (χ1v) is 5.07. The molecular formula is C12H18N2. The van der Waals surface area contributed by atoms with Gasteiger partial charge in [0.2, 0.25) is 0 Å². The zero-order valence-electron chi connectivity index (χ0n) is 9.17. The molecule has 76 valence electrons. The van der Waals surface area contributed by atoms with Crippen LogP contribution in [0.15, 0.2) is 18.2 Å². The van der Waals surface area contributed by atoms with E-state index >= 15 is 0 Å². The molecular weight excluding hydrogens is 172 g/mol. The van der Waals surface area contributed by atoms with Gasteiger partial charge in [0.05, 0.1) is 0 Å². The lowest BCUT2D eigenvalue weighted by Crippen LogP contribution is -2.45. The molecule has 0 atom stereocenters. The summed E-state index contributed by atoms with van der Waals surface area (Å²) in [6.45, 7) is 5.58. The largest absolute Gasteiger partial charge is 0.399 e. The minimum atomic E-state index is 0.267. The van der Waals surface area contributed by atoms with Crippen LogP contribution in [0.1, 0.15) is 25.0 Å². The molecule has 2 nitrogen and oxygen atoms in total. The standard InChI is InChI=1S/C12H18N2/c1-12(2)7-9-4-5-11(13)6-10(9)8-14(12)3/h4-6H,7-8,13H2,1-3H3. The van der Waals surface area contributed by atoms with E-state index in [1.165, 1.54) is 11.1 Å². The number of nitrogen functional groups attached to an aromatic ring is 1. The maximum absolute atomic E-state index is 5.78. The number of benzene rings is 1. The zero-order chi connectivity index (χ0) is 10.3. The minimum Gasteiger partial charge on any atom is -0.399 e. The molecule has 0 radical (unpaired) electrons. The van der Waals surface area contributed by atoms with Gasteiger partial charge in [-0.2, -0.15) is 0 Å². The summed E-state index contributed by atoms with van der Waals surface area (Å²) in [5.41, 5.74) is 9.74. The number of likely N-dealkylation sites (N-methyl/N-ethyl adjacent to an activating group) is 1. The fourth-order valence-corrected chi connectivity index (χ4v) is 2.04. The van der Waals surface area contributed by atoms with Crippen molar-refractivity contribution in [2.24, 2.45) is 0 Å². The molecule has 1 aromatic carbocycles. The van der Waals surface area contributed by atoms with E-state index in [-0.39, 0.29) is 5.54 Å². The molecule has 0 bridgehead atoms. The summed E-state index contributed by atoms with van der Waals surface area (Å²) in [5, 5.41) is 0. The summed E-state index contributed by atoms with van der Waals surface area (Å²) in [4.78, 5) is 2.38. The maximum Gasteiger partial charge on any atom is 0.0317 e. The molecule has 1 aliphatic heterocycles. The van der Waals surface area contributed by atoms with Crippen molar-refractivity contribution >= 4 is 5.69 Å². The summed E-state index contributed by atoms with van der Waals surface area (Å²) >= 11 is 0. The van der Waals surface area contributed by atoms with Crippen LogP contribution < -0.4 is 5.73 Å². The van der Waals surface area contributed by atoms with Crippen molar-refractivity contribution in [3.8, 4) is 0 Å². The Morgan fingerprint density at radius 1 is 1.29 bits per heavy atom. The Hall–Kier alpha value is -1.02. The van der Waals surface area contributed by atoms with Crippen molar-refractivity contribution in [2.45, 2.75) is 32.4 Å². The quantitative estimate of drug-likeness (QED) is 0.634. The van der Waals surface area contributed by atoms with Crippen LogP contribution in [0.25, 0.3) is 0 Å². The van der Waals surface area contributed by atoms with Crippen molar-refractivity contribution in [3.63, 3.8) is 0 Å². The first-order valence-electron chi connectivity index (χ1n) is 5.07. The average molecular weight is 190 g/mol. The van der Waals surface area contributed by atoms with E-state index in [0.717, 1.165) is 18.7 Å². The summed E-state index contributed by atoms with van der Waals surface area (Å²) < 4.78 is 0. The number of anilines is 1. The topological polar surface area (TPSA) is 29.3 Å². The third-order valence-corrected chi connectivity index (χ3v) is 3.29. The predicted octanol–water partition coefficient (Wildman–Crippen LogP) is 2.04. The molecule has 2 heteroatoms. The average Bonchev–Trinajstić information content (AvgIpc) is 2.08. The lowest BCUT2D eigenvalue weighted by Gasteiger charge is -2.41. The van der Waals surface area contributed by atoms with E-state index in [0.29, 0.717) is 0 Å². The summed E-state index contributed by atoms with van der Waals surface area (Å²) in [6, 6.07) is 6.26. The molecule has 0 unspecified atom stereocenters. The van der Waals surface area contributed by atoms with Gasteiger partial charge in [0.1, 0.15) is 0 Å². The maximum atomic E-state index is 5.78. The molecule has 2 N–H and O–H groups in total. The van der Waals surface area contributed by atoms with Gasteiger partial charge in [-0.25, -0.2) is 0 Å². The van der Waals surface area contributed by atoms with Gasteiger partial charge in [-0.1, -0.05) is 6.07 Å². The van der Waals surface area contributed by atoms with E-state index in [4.69, 9.17) is 5.73 Å². The van der Waals surface area contributed by atoms with Gasteiger partial charge in [0.15, 0.2) is 0 Å². The van der Waals surface area contributed by atoms with Crippen molar-refractivity contribution in [1.29, 1.82) is 0 Å². The van der Waals surface area contributed by atoms with Crippen molar-refractivity contribution < 1.29 is 0 Å². The van der Waals surface area contributed by atoms with Crippen LogP contribution in [-0.4, -0.2) is 17.5 Å². The van der Waals surface area contributed by atoms with E-state index in [2.05, 4.69) is 37.9 Å². The molecule has 0 amide bonds. The fraction of sp³-hybridized carbons (Fsp3) is 0.500. The highest BCUT2D eigenvalue weighted by Gasteiger charge is 2.29. The van der Waals surface area contributed by atoms with Crippen molar-refractivity contribution in [1.82, 2.24) is 4.90 Å². The lowest BCUT2D eigenvalue weighted by molar-refractivity contribution is 0.133. The van der Waals surface area contributed by atoms with Crippen LogP contribution in [0, 0.1) is 0 Å². The van der Waals surface area contributed by atoms with Gasteiger partial charge >= 0.3 is 0 Å². The van der Waals surface area contributed by atoms with Crippen LogP contribution in [-0.2, 0) is 13.0 Å². The molecule has 1 aliphatic rings. The Labute approximate surface area is 85.7 Å². The van der Waals surface area contributed by atoms with Gasteiger partial charge in [-0.3, -0.25) is 4.90 Å². The Bertz CT molecular complexity index is 355. The third-order valence-electron chi connectivity index (χ3n) is 3.29. The van der Waals surface area contributed by atoms with Gasteiger partial charge in [0.25, 0.3) is 0 Å². The van der Waals surface area contributed by atoms with E-state index in [9.17, 15) is 0 Å². The summed E-state index contributed by atoms with van der Waals surface area (Å²) in [7, 11) is 2.17. The van der Waals surface area contributed by atoms with Crippen LogP contribution >= 0.6 is 0 Å². The van der Waals surface area contributed by atoms with Crippen molar-refractivity contribution in [2.75, 3.05) is 12.8 Å². The molecule has 0 saturated heterocycles. The molecule has 1 heterocycles. The number of hydrogen-bond donors (Lipinski definition) is 1. The van der Waals surface area contributed by atoms with Crippen LogP contribution in [0.2, 0.25) is 0 Å². The van der Waals surface area contributed by atoms with Gasteiger partial charge in [-0.15, -0.1) is 0 Å². The number of nitrogens with two attached hydrogens (primary N) is 1. The zero-order valence-corrected chi connectivity index (χ0v) is 9.17. The Morgan fingerprint density at radius 2 is 2.00 bits per heavy atom. The Kier molecular flexibility index (Phi) is 2.04. The molecule has 14 heavy (non-hydrogen) atoms. The number of rotatable bonds is 0. The van der Waals surface area contributed by atoms with Crippen LogP contribution in [0.3, 0.4) is 0 Å². The third kappa shape index (κ3) is 1.50. The molecule has 1 aromatic rings. The van der Waals surface area contributed by atoms with Gasteiger partial charge in [0, 0.05) is 17.8 Å². The smallest absolute Gasteiger partial charge is 0.0317 e. The highest BCUT2D eigenvalue weighted by Crippen LogP contribution is 2.30. The number of fused-ring (bicyclic) bond motifs is 1. The highest BCUT2D eigenvalue weighted by atomic mass is 15.2. The second-order valence-corrected chi connectivity index (χ2v) is 4.87. The Morgan fingerprint density at radius 3 is 2.71 bits per heavy atom. The molecule has 0 aromatic heterocycles. The fourth-order valence-electron chi connectivity index (χ4n) is 2.04. The Balaban J connectivity index is 2.41. The number of nitrogens with zero attached hydrogens (tertiary/aromatic N) is 1. The van der Waals surface area contributed by atoms with E-state index in [1.807, 2.05) is 6.07 Å². The van der Waals surface area contributed by atoms with E-state index < -0.39 is 0 Å². The summed E-state index contributed by atoms with van der Waals surface area (Å²) in [5.74, 6) is 0. The lowest BCUT2D eigenvalue weighted by atomic mass is 9.86. The van der Waals surface area contributed by atoms with Crippen molar-refractivity contribution in [3.05, 3.63) is 29.3 Å². The molecule has 0 fully saturated rings. The van der Waals surface area contributed by atoms with E-state index in [1.54, 1.807) is 0 Å². The van der Waals surface area contributed by atoms with Crippen LogP contribution in [0.4, 0.5) is 5.69 Å². The second-order valence-electron chi connectivity index (χ2n) is 4.87. The molecule has 0 saturated carbocycles. The monoisotopic (exact) mass is 190 g/mol. The first-order chi connectivity index (χ1) is 6.49. The summed E-state index contributed by atoms with van der Waals surface area (Å²) in [6.07, 6.45) is 1.11. The first kappa shape index (κ1) is 9.53. The normalized spacial score (nSPS) is 20.5. The highest BCUT2D eigenvalue weighted by molar-refractivity contribution is 5.46. The number of hydrogen-bond acceptors (Lipinski definition) is 2. The van der Waals surface area contributed by atoms with Crippen LogP contribution in [0.5, 0.6) is 0 Å². The van der Waals surface area contributed by atoms with Gasteiger partial charge in [-0.05, 0) is 50.6 Å². The SMILES string of the molecule is CN1Cc2cc(N)ccc2CC1(C)C. The minimum absolute atomic E-state index is 0.267. The molecule has 0 spiro atoms. The molecule has 2 rings (SSSR count). The predicted molar refractivity (Wildman–Crippen MR) is 60.1 cm³/mol. The molecule has 0 aliphatic carbocycles. The second kappa shape index (κ2) is 2.99. The van der Waals surface area contributed by atoms with Gasteiger partial charge < -0.3 is 5.73 Å².